The Morgan fingerprint density at radius 1 is 0.852 bits per heavy atom. The van der Waals surface area contributed by atoms with Gasteiger partial charge in [0.2, 0.25) is 5.75 Å². The Bertz CT molecular complexity index is 808. The molecule has 2 aromatic rings. The van der Waals surface area contributed by atoms with E-state index in [0.29, 0.717) is 34.1 Å². The number of anilines is 1. The lowest BCUT2D eigenvalue weighted by Gasteiger charge is -2.15. The lowest BCUT2D eigenvalue weighted by molar-refractivity contribution is 0.0943. The number of benzene rings is 2. The first-order valence-corrected chi connectivity index (χ1v) is 8.41. The number of hydrogen-bond donors (Lipinski definition) is 2. The van der Waals surface area contributed by atoms with Crippen molar-refractivity contribution in [3.05, 3.63) is 47.5 Å². The van der Waals surface area contributed by atoms with Gasteiger partial charge in [0.1, 0.15) is 0 Å². The first-order chi connectivity index (χ1) is 12.9. The van der Waals surface area contributed by atoms with E-state index in [1.54, 1.807) is 36.4 Å². The Morgan fingerprint density at radius 2 is 1.41 bits per heavy atom. The molecule has 0 fully saturated rings. The molecule has 2 amide bonds. The van der Waals surface area contributed by atoms with E-state index in [1.165, 1.54) is 21.3 Å². The van der Waals surface area contributed by atoms with E-state index in [2.05, 4.69) is 10.6 Å². The second-order valence-electron chi connectivity index (χ2n) is 6.08. The summed E-state index contributed by atoms with van der Waals surface area (Å²) in [5.41, 5.74) is 1.26. The largest absolute Gasteiger partial charge is 0.493 e. The van der Waals surface area contributed by atoms with Gasteiger partial charge in [-0.25, -0.2) is 0 Å². The van der Waals surface area contributed by atoms with Crippen LogP contribution in [0.3, 0.4) is 0 Å². The molecule has 7 heteroatoms. The van der Waals surface area contributed by atoms with Crippen molar-refractivity contribution in [2.45, 2.75) is 19.9 Å². The lowest BCUT2D eigenvalue weighted by Crippen LogP contribution is -2.30. The van der Waals surface area contributed by atoms with E-state index in [0.717, 1.165) is 0 Å². The minimum Gasteiger partial charge on any atom is -0.493 e. The van der Waals surface area contributed by atoms with Gasteiger partial charge in [-0.1, -0.05) is 6.07 Å². The number of rotatable bonds is 7. The summed E-state index contributed by atoms with van der Waals surface area (Å²) in [6.45, 7) is 3.75. The summed E-state index contributed by atoms with van der Waals surface area (Å²) in [4.78, 5) is 24.7. The molecule has 0 spiro atoms. The van der Waals surface area contributed by atoms with Gasteiger partial charge in [-0.3, -0.25) is 9.59 Å². The van der Waals surface area contributed by atoms with Crippen LogP contribution < -0.4 is 24.8 Å². The van der Waals surface area contributed by atoms with E-state index < -0.39 is 0 Å². The molecule has 0 unspecified atom stereocenters. The Balaban J connectivity index is 2.26. The first-order valence-electron chi connectivity index (χ1n) is 8.41. The highest BCUT2D eigenvalue weighted by Gasteiger charge is 2.16. The van der Waals surface area contributed by atoms with E-state index >= 15 is 0 Å². The van der Waals surface area contributed by atoms with Crippen molar-refractivity contribution in [3.63, 3.8) is 0 Å². The second-order valence-corrected chi connectivity index (χ2v) is 6.08. The highest BCUT2D eigenvalue weighted by atomic mass is 16.5. The molecule has 2 aromatic carbocycles. The van der Waals surface area contributed by atoms with Crippen molar-refractivity contribution in [1.82, 2.24) is 5.32 Å². The molecule has 0 atom stereocenters. The number of carbonyl (C=O) groups is 2. The maximum atomic E-state index is 12.6. The molecule has 0 aliphatic rings. The normalized spacial score (nSPS) is 10.3. The van der Waals surface area contributed by atoms with Crippen molar-refractivity contribution < 1.29 is 23.8 Å². The van der Waals surface area contributed by atoms with E-state index in [-0.39, 0.29) is 17.9 Å². The average Bonchev–Trinajstić information content (AvgIpc) is 2.66. The Labute approximate surface area is 158 Å². The number of ether oxygens (including phenoxy) is 3. The third-order valence-electron chi connectivity index (χ3n) is 3.73. The quantitative estimate of drug-likeness (QED) is 0.780. The van der Waals surface area contributed by atoms with Crippen LogP contribution in [-0.2, 0) is 0 Å². The molecular formula is C20H24N2O5. The highest BCUT2D eigenvalue weighted by molar-refractivity contribution is 6.06. The molecule has 2 rings (SSSR count). The van der Waals surface area contributed by atoms with Crippen LogP contribution in [0, 0.1) is 0 Å². The van der Waals surface area contributed by atoms with Crippen LogP contribution in [0.4, 0.5) is 5.69 Å². The zero-order valence-electron chi connectivity index (χ0n) is 16.1. The summed E-state index contributed by atoms with van der Waals surface area (Å²) in [6.07, 6.45) is 0. The number of nitrogens with one attached hydrogen (secondary N) is 2. The molecule has 7 nitrogen and oxygen atoms in total. The van der Waals surface area contributed by atoms with Gasteiger partial charge >= 0.3 is 0 Å². The number of methoxy groups -OCH3 is 3. The van der Waals surface area contributed by atoms with Crippen LogP contribution in [0.2, 0.25) is 0 Å². The first kappa shape index (κ1) is 20.1. The molecular weight excluding hydrogens is 348 g/mol. The molecule has 0 radical (unpaired) electrons. The molecule has 2 N–H and O–H groups in total. The fourth-order valence-electron chi connectivity index (χ4n) is 2.50. The monoisotopic (exact) mass is 372 g/mol. The Morgan fingerprint density at radius 3 is 1.89 bits per heavy atom. The summed E-state index contributed by atoms with van der Waals surface area (Å²) < 4.78 is 15.8. The fraction of sp³-hybridized carbons (Fsp3) is 0.300. The number of carbonyl (C=O) groups excluding carboxylic acids is 2. The van der Waals surface area contributed by atoms with Crippen molar-refractivity contribution in [3.8, 4) is 17.2 Å². The van der Waals surface area contributed by atoms with Gasteiger partial charge in [-0.2, -0.15) is 0 Å². The topological polar surface area (TPSA) is 85.9 Å². The summed E-state index contributed by atoms with van der Waals surface area (Å²) >= 11 is 0. The van der Waals surface area contributed by atoms with Gasteiger partial charge in [-0.05, 0) is 32.0 Å². The molecule has 0 heterocycles. The number of hydrogen-bond acceptors (Lipinski definition) is 5. The van der Waals surface area contributed by atoms with Crippen LogP contribution in [-0.4, -0.2) is 39.2 Å². The van der Waals surface area contributed by atoms with Gasteiger partial charge < -0.3 is 24.8 Å². The minimum atomic E-state index is -0.358. The van der Waals surface area contributed by atoms with Gasteiger partial charge in [0, 0.05) is 35.0 Å². The maximum absolute atomic E-state index is 12.6. The van der Waals surface area contributed by atoms with Crippen molar-refractivity contribution in [1.29, 1.82) is 0 Å². The molecule has 144 valence electrons. The Kier molecular flexibility index (Phi) is 6.65. The third kappa shape index (κ3) is 4.91. The number of amides is 2. The molecule has 0 saturated heterocycles. The van der Waals surface area contributed by atoms with Crippen molar-refractivity contribution in [2.75, 3.05) is 26.6 Å². The van der Waals surface area contributed by atoms with E-state index in [4.69, 9.17) is 14.2 Å². The van der Waals surface area contributed by atoms with Crippen LogP contribution in [0.1, 0.15) is 34.6 Å². The minimum absolute atomic E-state index is 0.00853. The zero-order chi connectivity index (χ0) is 20.0. The van der Waals surface area contributed by atoms with E-state index in [9.17, 15) is 9.59 Å². The van der Waals surface area contributed by atoms with Crippen molar-refractivity contribution >= 4 is 17.5 Å². The predicted molar refractivity (Wildman–Crippen MR) is 103 cm³/mol. The van der Waals surface area contributed by atoms with Crippen LogP contribution in [0.15, 0.2) is 36.4 Å². The van der Waals surface area contributed by atoms with Gasteiger partial charge in [-0.15, -0.1) is 0 Å². The molecule has 0 saturated carbocycles. The van der Waals surface area contributed by atoms with Gasteiger partial charge in [0.15, 0.2) is 11.5 Å². The standard InChI is InChI=1S/C20H24N2O5/c1-12(2)21-19(23)13-7-6-8-14(9-13)20(24)22-15-10-16(25-3)18(27-5)17(11-15)26-4/h6-12H,1-5H3,(H,21,23)(H,22,24). The maximum Gasteiger partial charge on any atom is 0.255 e. The third-order valence-corrected chi connectivity index (χ3v) is 3.73. The molecule has 0 aromatic heterocycles. The van der Waals surface area contributed by atoms with Crippen molar-refractivity contribution in [2.24, 2.45) is 0 Å². The van der Waals surface area contributed by atoms with Crippen LogP contribution in [0.25, 0.3) is 0 Å². The molecule has 0 aliphatic carbocycles. The average molecular weight is 372 g/mol. The van der Waals surface area contributed by atoms with Gasteiger partial charge in [0.25, 0.3) is 11.8 Å². The molecule has 27 heavy (non-hydrogen) atoms. The summed E-state index contributed by atoms with van der Waals surface area (Å²) in [5.74, 6) is 0.704. The summed E-state index contributed by atoms with van der Waals surface area (Å²) in [7, 11) is 4.51. The SMILES string of the molecule is COc1cc(NC(=O)c2cccc(C(=O)NC(C)C)c2)cc(OC)c1OC. The molecule has 0 aliphatic heterocycles. The Hall–Kier alpha value is -3.22. The van der Waals surface area contributed by atoms with E-state index in [1.807, 2.05) is 13.8 Å². The van der Waals surface area contributed by atoms with Crippen LogP contribution >= 0.6 is 0 Å². The lowest BCUT2D eigenvalue weighted by atomic mass is 10.1. The fourth-order valence-corrected chi connectivity index (χ4v) is 2.50. The summed E-state index contributed by atoms with van der Waals surface area (Å²) in [6, 6.07) is 9.79. The summed E-state index contributed by atoms with van der Waals surface area (Å²) in [5, 5.41) is 5.58. The van der Waals surface area contributed by atoms with Gasteiger partial charge in [0.05, 0.1) is 21.3 Å². The second kappa shape index (κ2) is 8.93. The highest BCUT2D eigenvalue weighted by Crippen LogP contribution is 2.40. The molecule has 0 bridgehead atoms. The predicted octanol–water partition coefficient (Wildman–Crippen LogP) is 3.10. The smallest absolute Gasteiger partial charge is 0.255 e. The van der Waals surface area contributed by atoms with Crippen LogP contribution in [0.5, 0.6) is 17.2 Å². The zero-order valence-corrected chi connectivity index (χ0v) is 16.1.